The average Bonchev–Trinajstić information content (AvgIpc) is 2.37. The molecule has 0 spiro atoms. The first-order valence-corrected chi connectivity index (χ1v) is 5.91. The number of unbranched alkanes of at least 4 members (excludes halogenated alkanes) is 1. The standard InChI is InChI=1S/C13H20N2O2/c1-3-4-9-14-13(16)15-10-11-5-7-12(17-2)8-6-11/h5-8H,3-4,9-10H2,1-2H3,(H2,14,15,16). The van der Waals surface area contributed by atoms with Gasteiger partial charge in [0.05, 0.1) is 7.11 Å². The first-order chi connectivity index (χ1) is 8.26. The summed E-state index contributed by atoms with van der Waals surface area (Å²) in [6.07, 6.45) is 2.09. The first kappa shape index (κ1) is 13.4. The van der Waals surface area contributed by atoms with E-state index in [9.17, 15) is 4.79 Å². The number of benzene rings is 1. The summed E-state index contributed by atoms with van der Waals surface area (Å²) < 4.78 is 5.06. The lowest BCUT2D eigenvalue weighted by atomic mass is 10.2. The van der Waals surface area contributed by atoms with E-state index in [1.807, 2.05) is 24.3 Å². The van der Waals surface area contributed by atoms with Crippen LogP contribution in [-0.2, 0) is 6.54 Å². The Hall–Kier alpha value is -1.71. The summed E-state index contributed by atoms with van der Waals surface area (Å²) >= 11 is 0. The van der Waals surface area contributed by atoms with Gasteiger partial charge in [-0.1, -0.05) is 25.5 Å². The SMILES string of the molecule is CCCCNC(=O)NCc1ccc(OC)cc1. The number of rotatable bonds is 6. The molecule has 0 radical (unpaired) electrons. The van der Waals surface area contributed by atoms with Crippen molar-refractivity contribution in [2.75, 3.05) is 13.7 Å². The Morgan fingerprint density at radius 1 is 1.24 bits per heavy atom. The van der Waals surface area contributed by atoms with Crippen molar-refractivity contribution in [3.63, 3.8) is 0 Å². The summed E-state index contributed by atoms with van der Waals surface area (Å²) in [5.41, 5.74) is 1.05. The molecule has 0 fully saturated rings. The van der Waals surface area contributed by atoms with Crippen LogP contribution in [0.4, 0.5) is 4.79 Å². The smallest absolute Gasteiger partial charge is 0.315 e. The van der Waals surface area contributed by atoms with Crippen molar-refractivity contribution in [3.8, 4) is 5.75 Å². The van der Waals surface area contributed by atoms with E-state index in [-0.39, 0.29) is 6.03 Å². The molecule has 94 valence electrons. The van der Waals surface area contributed by atoms with E-state index in [1.54, 1.807) is 7.11 Å². The summed E-state index contributed by atoms with van der Waals surface area (Å²) in [5, 5.41) is 5.61. The lowest BCUT2D eigenvalue weighted by Gasteiger charge is -2.07. The van der Waals surface area contributed by atoms with Crippen molar-refractivity contribution in [1.82, 2.24) is 10.6 Å². The molecule has 17 heavy (non-hydrogen) atoms. The van der Waals surface area contributed by atoms with Crippen LogP contribution in [0.15, 0.2) is 24.3 Å². The van der Waals surface area contributed by atoms with Gasteiger partial charge in [-0.15, -0.1) is 0 Å². The summed E-state index contributed by atoms with van der Waals surface area (Å²) in [5.74, 6) is 0.821. The van der Waals surface area contributed by atoms with Crippen LogP contribution in [0.25, 0.3) is 0 Å². The predicted octanol–water partition coefficient (Wildman–Crippen LogP) is 2.29. The monoisotopic (exact) mass is 236 g/mol. The molecule has 2 N–H and O–H groups in total. The zero-order valence-electron chi connectivity index (χ0n) is 10.5. The molecule has 0 aromatic heterocycles. The van der Waals surface area contributed by atoms with Gasteiger partial charge in [0.2, 0.25) is 0 Å². The van der Waals surface area contributed by atoms with E-state index in [2.05, 4.69) is 17.6 Å². The summed E-state index contributed by atoms with van der Waals surface area (Å²) in [7, 11) is 1.63. The van der Waals surface area contributed by atoms with Crippen LogP contribution in [0.1, 0.15) is 25.3 Å². The molecule has 0 atom stereocenters. The highest BCUT2D eigenvalue weighted by atomic mass is 16.5. The molecular formula is C13H20N2O2. The minimum absolute atomic E-state index is 0.116. The van der Waals surface area contributed by atoms with Gasteiger partial charge >= 0.3 is 6.03 Å². The zero-order valence-corrected chi connectivity index (χ0v) is 10.5. The zero-order chi connectivity index (χ0) is 12.5. The Bertz CT molecular complexity index is 336. The quantitative estimate of drug-likeness (QED) is 0.745. The Labute approximate surface area is 102 Å². The Kier molecular flexibility index (Phi) is 5.93. The van der Waals surface area contributed by atoms with Crippen molar-refractivity contribution in [3.05, 3.63) is 29.8 Å². The van der Waals surface area contributed by atoms with E-state index in [0.717, 1.165) is 30.7 Å². The number of carbonyl (C=O) groups is 1. The second kappa shape index (κ2) is 7.54. The fourth-order valence-corrected chi connectivity index (χ4v) is 1.37. The van der Waals surface area contributed by atoms with Crippen LogP contribution >= 0.6 is 0 Å². The fourth-order valence-electron chi connectivity index (χ4n) is 1.37. The highest BCUT2D eigenvalue weighted by Gasteiger charge is 1.99. The molecule has 4 heteroatoms. The van der Waals surface area contributed by atoms with Gasteiger partial charge in [-0.05, 0) is 24.1 Å². The summed E-state index contributed by atoms with van der Waals surface area (Å²) in [4.78, 5) is 11.4. The first-order valence-electron chi connectivity index (χ1n) is 5.91. The average molecular weight is 236 g/mol. The fraction of sp³-hybridized carbons (Fsp3) is 0.462. The topological polar surface area (TPSA) is 50.4 Å². The number of carbonyl (C=O) groups excluding carboxylic acids is 1. The maximum atomic E-state index is 11.4. The van der Waals surface area contributed by atoms with Gasteiger partial charge in [-0.25, -0.2) is 4.79 Å². The van der Waals surface area contributed by atoms with E-state index in [1.165, 1.54) is 0 Å². The van der Waals surface area contributed by atoms with Gasteiger partial charge < -0.3 is 15.4 Å². The number of nitrogens with one attached hydrogen (secondary N) is 2. The minimum Gasteiger partial charge on any atom is -0.497 e. The highest BCUT2D eigenvalue weighted by Crippen LogP contribution is 2.10. The lowest BCUT2D eigenvalue weighted by molar-refractivity contribution is 0.240. The van der Waals surface area contributed by atoms with Gasteiger partial charge in [-0.3, -0.25) is 0 Å². The number of methoxy groups -OCH3 is 1. The normalized spacial score (nSPS) is 9.76. The van der Waals surface area contributed by atoms with Gasteiger partial charge in [0.25, 0.3) is 0 Å². The second-order valence-corrected chi connectivity index (χ2v) is 3.81. The Balaban J connectivity index is 2.27. The number of ether oxygens (including phenoxy) is 1. The molecule has 0 saturated heterocycles. The van der Waals surface area contributed by atoms with Gasteiger partial charge in [0.15, 0.2) is 0 Å². The molecule has 0 bridgehead atoms. The molecule has 0 heterocycles. The van der Waals surface area contributed by atoms with Crippen molar-refractivity contribution in [2.24, 2.45) is 0 Å². The largest absolute Gasteiger partial charge is 0.497 e. The summed E-state index contributed by atoms with van der Waals surface area (Å²) in [6, 6.07) is 7.52. The second-order valence-electron chi connectivity index (χ2n) is 3.81. The van der Waals surface area contributed by atoms with E-state index in [0.29, 0.717) is 6.54 Å². The molecule has 4 nitrogen and oxygen atoms in total. The molecule has 2 amide bonds. The Morgan fingerprint density at radius 2 is 1.94 bits per heavy atom. The van der Waals surface area contributed by atoms with Gasteiger partial charge in [-0.2, -0.15) is 0 Å². The molecule has 0 aliphatic rings. The summed E-state index contributed by atoms with van der Waals surface area (Å²) in [6.45, 7) is 3.35. The van der Waals surface area contributed by atoms with Crippen molar-refractivity contribution < 1.29 is 9.53 Å². The van der Waals surface area contributed by atoms with Crippen LogP contribution < -0.4 is 15.4 Å². The third kappa shape index (κ3) is 5.24. The van der Waals surface area contributed by atoms with Crippen LogP contribution in [0.5, 0.6) is 5.75 Å². The third-order valence-corrected chi connectivity index (χ3v) is 2.43. The van der Waals surface area contributed by atoms with Crippen LogP contribution in [0, 0.1) is 0 Å². The van der Waals surface area contributed by atoms with Crippen LogP contribution in [-0.4, -0.2) is 19.7 Å². The molecule has 0 saturated carbocycles. The number of hydrogen-bond donors (Lipinski definition) is 2. The highest BCUT2D eigenvalue weighted by molar-refractivity contribution is 5.73. The number of amides is 2. The van der Waals surface area contributed by atoms with Gasteiger partial charge in [0, 0.05) is 13.1 Å². The Morgan fingerprint density at radius 3 is 2.53 bits per heavy atom. The minimum atomic E-state index is -0.116. The molecule has 1 aromatic rings. The maximum Gasteiger partial charge on any atom is 0.315 e. The van der Waals surface area contributed by atoms with Gasteiger partial charge in [0.1, 0.15) is 5.75 Å². The van der Waals surface area contributed by atoms with E-state index in [4.69, 9.17) is 4.74 Å². The van der Waals surface area contributed by atoms with E-state index < -0.39 is 0 Å². The number of urea groups is 1. The van der Waals surface area contributed by atoms with Crippen LogP contribution in [0.2, 0.25) is 0 Å². The van der Waals surface area contributed by atoms with Crippen molar-refractivity contribution >= 4 is 6.03 Å². The molecular weight excluding hydrogens is 216 g/mol. The van der Waals surface area contributed by atoms with Crippen molar-refractivity contribution in [2.45, 2.75) is 26.3 Å². The predicted molar refractivity (Wildman–Crippen MR) is 68.1 cm³/mol. The molecule has 0 aliphatic carbocycles. The lowest BCUT2D eigenvalue weighted by Crippen LogP contribution is -2.35. The molecule has 1 aromatic carbocycles. The maximum absolute atomic E-state index is 11.4. The third-order valence-electron chi connectivity index (χ3n) is 2.43. The number of hydrogen-bond acceptors (Lipinski definition) is 2. The molecule has 0 aliphatic heterocycles. The van der Waals surface area contributed by atoms with Crippen LogP contribution in [0.3, 0.4) is 0 Å². The molecule has 1 rings (SSSR count). The molecule has 0 unspecified atom stereocenters. The van der Waals surface area contributed by atoms with E-state index >= 15 is 0 Å². The van der Waals surface area contributed by atoms with Crippen molar-refractivity contribution in [1.29, 1.82) is 0 Å².